The van der Waals surface area contributed by atoms with E-state index < -0.39 is 0 Å². The van der Waals surface area contributed by atoms with Gasteiger partial charge in [0.1, 0.15) is 5.75 Å². The highest BCUT2D eigenvalue weighted by Crippen LogP contribution is 2.18. The third kappa shape index (κ3) is 5.07. The first-order valence-electron chi connectivity index (χ1n) is 6.59. The van der Waals surface area contributed by atoms with E-state index in [0.29, 0.717) is 5.92 Å². The molecule has 0 saturated carbocycles. The van der Waals surface area contributed by atoms with Crippen LogP contribution in [0.15, 0.2) is 24.3 Å². The van der Waals surface area contributed by atoms with Crippen LogP contribution >= 0.6 is 0 Å². The lowest BCUT2D eigenvalue weighted by atomic mass is 10.0. The van der Waals surface area contributed by atoms with Crippen molar-refractivity contribution >= 4 is 0 Å². The molecule has 0 aliphatic rings. The zero-order chi connectivity index (χ0) is 13.5. The predicted octanol–water partition coefficient (Wildman–Crippen LogP) is 2.50. The van der Waals surface area contributed by atoms with Crippen LogP contribution in [0.4, 0.5) is 0 Å². The number of methoxy groups -OCH3 is 1. The van der Waals surface area contributed by atoms with Gasteiger partial charge >= 0.3 is 0 Å². The third-order valence-corrected chi connectivity index (χ3v) is 2.95. The molecule has 102 valence electrons. The Hall–Kier alpha value is -1.06. The van der Waals surface area contributed by atoms with E-state index in [4.69, 9.17) is 10.5 Å². The van der Waals surface area contributed by atoms with E-state index in [1.807, 2.05) is 18.2 Å². The molecule has 1 aromatic rings. The lowest BCUT2D eigenvalue weighted by Crippen LogP contribution is -2.35. The molecule has 0 saturated heterocycles. The number of hydrogen-bond acceptors (Lipinski definition) is 3. The number of hydrogen-bond donors (Lipinski definition) is 1. The molecule has 3 heteroatoms. The monoisotopic (exact) mass is 250 g/mol. The van der Waals surface area contributed by atoms with Crippen molar-refractivity contribution < 1.29 is 4.74 Å². The number of likely N-dealkylation sites (N-methyl/N-ethyl adjacent to an activating group) is 1. The minimum Gasteiger partial charge on any atom is -0.496 e. The number of para-hydroxylation sites is 1. The summed E-state index contributed by atoms with van der Waals surface area (Å²) >= 11 is 0. The first-order chi connectivity index (χ1) is 8.52. The van der Waals surface area contributed by atoms with E-state index >= 15 is 0 Å². The lowest BCUT2D eigenvalue weighted by Gasteiger charge is -2.23. The van der Waals surface area contributed by atoms with Crippen molar-refractivity contribution in [2.75, 3.05) is 20.7 Å². The fourth-order valence-corrected chi connectivity index (χ4v) is 2.27. The highest BCUT2D eigenvalue weighted by Gasteiger charge is 2.11. The Labute approximate surface area is 111 Å². The molecule has 0 aromatic heterocycles. The normalized spacial score (nSPS) is 13.1. The molecule has 2 N–H and O–H groups in total. The van der Waals surface area contributed by atoms with Gasteiger partial charge in [-0.15, -0.1) is 0 Å². The number of nitrogens with zero attached hydrogens (tertiary/aromatic N) is 1. The van der Waals surface area contributed by atoms with E-state index in [2.05, 4.69) is 31.9 Å². The second-order valence-corrected chi connectivity index (χ2v) is 5.40. The van der Waals surface area contributed by atoms with Crippen molar-refractivity contribution in [1.82, 2.24) is 4.90 Å². The Balaban J connectivity index is 2.51. The molecule has 0 spiro atoms. The SMILES string of the molecule is COc1ccccc1CN(C)CC(N)CC(C)C. The Morgan fingerprint density at radius 2 is 1.94 bits per heavy atom. The molecule has 0 radical (unpaired) electrons. The first-order valence-corrected chi connectivity index (χ1v) is 6.59. The Bertz CT molecular complexity index is 352. The van der Waals surface area contributed by atoms with Crippen LogP contribution in [-0.2, 0) is 6.54 Å². The molecule has 0 aliphatic heterocycles. The van der Waals surface area contributed by atoms with Gasteiger partial charge in [0.05, 0.1) is 7.11 Å². The minimum absolute atomic E-state index is 0.240. The van der Waals surface area contributed by atoms with Crippen LogP contribution in [0.5, 0.6) is 5.75 Å². The zero-order valence-electron chi connectivity index (χ0n) is 12.0. The molecule has 3 nitrogen and oxygen atoms in total. The summed E-state index contributed by atoms with van der Waals surface area (Å²) in [6.07, 6.45) is 1.07. The summed E-state index contributed by atoms with van der Waals surface area (Å²) in [7, 11) is 3.82. The number of nitrogens with two attached hydrogens (primary N) is 1. The summed E-state index contributed by atoms with van der Waals surface area (Å²) in [5.74, 6) is 1.60. The van der Waals surface area contributed by atoms with E-state index in [9.17, 15) is 0 Å². The van der Waals surface area contributed by atoms with E-state index in [1.165, 1.54) is 5.56 Å². The second-order valence-electron chi connectivity index (χ2n) is 5.40. The average molecular weight is 250 g/mol. The van der Waals surface area contributed by atoms with Gasteiger partial charge in [0.25, 0.3) is 0 Å². The molecule has 1 rings (SSSR count). The lowest BCUT2D eigenvalue weighted by molar-refractivity contribution is 0.282. The largest absolute Gasteiger partial charge is 0.496 e. The number of benzene rings is 1. The summed E-state index contributed by atoms with van der Waals surface area (Å²) in [6.45, 7) is 6.20. The average Bonchev–Trinajstić information content (AvgIpc) is 2.28. The smallest absolute Gasteiger partial charge is 0.123 e. The maximum absolute atomic E-state index is 6.13. The van der Waals surface area contributed by atoms with Crippen LogP contribution in [0.2, 0.25) is 0 Å². The van der Waals surface area contributed by atoms with Gasteiger partial charge in [0, 0.05) is 24.7 Å². The van der Waals surface area contributed by atoms with E-state index in [1.54, 1.807) is 7.11 Å². The summed E-state index contributed by atoms with van der Waals surface area (Å²) in [5.41, 5.74) is 7.33. The molecule has 1 atom stereocenters. The molecular weight excluding hydrogens is 224 g/mol. The minimum atomic E-state index is 0.240. The van der Waals surface area contributed by atoms with Gasteiger partial charge in [-0.1, -0.05) is 32.0 Å². The molecule has 0 heterocycles. The van der Waals surface area contributed by atoms with Crippen LogP contribution in [-0.4, -0.2) is 31.6 Å². The second kappa shape index (κ2) is 7.39. The van der Waals surface area contributed by atoms with Crippen molar-refractivity contribution in [1.29, 1.82) is 0 Å². The predicted molar refractivity (Wildman–Crippen MR) is 76.8 cm³/mol. The highest BCUT2D eigenvalue weighted by molar-refractivity contribution is 5.32. The van der Waals surface area contributed by atoms with Gasteiger partial charge in [-0.2, -0.15) is 0 Å². The van der Waals surface area contributed by atoms with E-state index in [-0.39, 0.29) is 6.04 Å². The summed E-state index contributed by atoms with van der Waals surface area (Å²) < 4.78 is 5.36. The third-order valence-electron chi connectivity index (χ3n) is 2.95. The van der Waals surface area contributed by atoms with Gasteiger partial charge in [-0.25, -0.2) is 0 Å². The van der Waals surface area contributed by atoms with Crippen LogP contribution in [0, 0.1) is 5.92 Å². The maximum atomic E-state index is 6.13. The topological polar surface area (TPSA) is 38.5 Å². The van der Waals surface area contributed by atoms with Crippen molar-refractivity contribution in [3.8, 4) is 5.75 Å². The summed E-state index contributed by atoms with van der Waals surface area (Å²) in [4.78, 5) is 2.25. The fourth-order valence-electron chi connectivity index (χ4n) is 2.27. The Morgan fingerprint density at radius 1 is 1.28 bits per heavy atom. The van der Waals surface area contributed by atoms with Gasteiger partial charge in [-0.05, 0) is 25.5 Å². The van der Waals surface area contributed by atoms with Crippen LogP contribution in [0.3, 0.4) is 0 Å². The summed E-state index contributed by atoms with van der Waals surface area (Å²) in [5, 5.41) is 0. The molecule has 0 bridgehead atoms. The zero-order valence-corrected chi connectivity index (χ0v) is 12.0. The van der Waals surface area contributed by atoms with Crippen molar-refractivity contribution in [3.05, 3.63) is 29.8 Å². The van der Waals surface area contributed by atoms with Gasteiger partial charge < -0.3 is 15.4 Å². The molecule has 18 heavy (non-hydrogen) atoms. The van der Waals surface area contributed by atoms with Crippen molar-refractivity contribution in [3.63, 3.8) is 0 Å². The number of rotatable bonds is 7. The molecule has 1 aromatic carbocycles. The van der Waals surface area contributed by atoms with Gasteiger partial charge in [0.2, 0.25) is 0 Å². The van der Waals surface area contributed by atoms with Crippen LogP contribution < -0.4 is 10.5 Å². The van der Waals surface area contributed by atoms with Crippen molar-refractivity contribution in [2.24, 2.45) is 11.7 Å². The fraction of sp³-hybridized carbons (Fsp3) is 0.600. The maximum Gasteiger partial charge on any atom is 0.123 e. The molecule has 1 unspecified atom stereocenters. The molecule has 0 aliphatic carbocycles. The molecule has 0 fully saturated rings. The Morgan fingerprint density at radius 3 is 2.56 bits per heavy atom. The van der Waals surface area contributed by atoms with Gasteiger partial charge in [0.15, 0.2) is 0 Å². The first kappa shape index (κ1) is 15.0. The highest BCUT2D eigenvalue weighted by atomic mass is 16.5. The molecule has 0 amide bonds. The van der Waals surface area contributed by atoms with Crippen molar-refractivity contribution in [2.45, 2.75) is 32.9 Å². The van der Waals surface area contributed by atoms with E-state index in [0.717, 1.165) is 25.3 Å². The van der Waals surface area contributed by atoms with Crippen LogP contribution in [0.25, 0.3) is 0 Å². The molecular formula is C15H26N2O. The number of ether oxygens (including phenoxy) is 1. The quantitative estimate of drug-likeness (QED) is 0.808. The van der Waals surface area contributed by atoms with Gasteiger partial charge in [-0.3, -0.25) is 0 Å². The van der Waals surface area contributed by atoms with Crippen LogP contribution in [0.1, 0.15) is 25.8 Å². The standard InChI is InChI=1S/C15H26N2O/c1-12(2)9-14(16)11-17(3)10-13-7-5-6-8-15(13)18-4/h5-8,12,14H,9-11,16H2,1-4H3. The summed E-state index contributed by atoms with van der Waals surface area (Å²) in [6, 6.07) is 8.37. The Kier molecular flexibility index (Phi) is 6.16.